The summed E-state index contributed by atoms with van der Waals surface area (Å²) in [7, 11) is 0. The van der Waals surface area contributed by atoms with Gasteiger partial charge in [0.25, 0.3) is 0 Å². The van der Waals surface area contributed by atoms with Gasteiger partial charge in [-0.3, -0.25) is 0 Å². The van der Waals surface area contributed by atoms with Crippen molar-refractivity contribution in [2.45, 2.75) is 25.9 Å². The van der Waals surface area contributed by atoms with E-state index in [1.54, 1.807) is 11.1 Å². The summed E-state index contributed by atoms with van der Waals surface area (Å²) >= 11 is 0. The largest absolute Gasteiger partial charge is 0.433 e. The maximum absolute atomic E-state index is 12.8. The lowest BCUT2D eigenvalue weighted by Gasteiger charge is -2.35. The van der Waals surface area contributed by atoms with Gasteiger partial charge >= 0.3 is 6.18 Å². The van der Waals surface area contributed by atoms with Crippen LogP contribution >= 0.6 is 0 Å². The van der Waals surface area contributed by atoms with E-state index in [2.05, 4.69) is 24.8 Å². The van der Waals surface area contributed by atoms with E-state index in [0.29, 0.717) is 26.2 Å². The quantitative estimate of drug-likeness (QED) is 0.847. The first-order chi connectivity index (χ1) is 11.8. The van der Waals surface area contributed by atoms with E-state index >= 15 is 0 Å². The molecule has 6 nitrogen and oxygen atoms in total. The van der Waals surface area contributed by atoms with Crippen molar-refractivity contribution in [2.24, 2.45) is 0 Å². The van der Waals surface area contributed by atoms with Crippen LogP contribution in [0, 0.1) is 0 Å². The van der Waals surface area contributed by atoms with E-state index in [1.807, 2.05) is 19.9 Å². The van der Waals surface area contributed by atoms with Crippen molar-refractivity contribution in [3.05, 3.63) is 36.0 Å². The Balaban J connectivity index is 1.69. The average molecular weight is 352 g/mol. The Morgan fingerprint density at radius 3 is 2.20 bits per heavy atom. The number of halogens is 3. The van der Waals surface area contributed by atoms with Crippen molar-refractivity contribution in [3.63, 3.8) is 0 Å². The second kappa shape index (κ2) is 6.81. The zero-order valence-corrected chi connectivity index (χ0v) is 14.0. The molecule has 1 fully saturated rings. The third-order valence-electron chi connectivity index (χ3n) is 4.00. The zero-order chi connectivity index (χ0) is 18.0. The van der Waals surface area contributed by atoms with Crippen molar-refractivity contribution >= 4 is 11.8 Å². The first-order valence-electron chi connectivity index (χ1n) is 8.07. The molecule has 0 N–H and O–H groups in total. The van der Waals surface area contributed by atoms with Crippen LogP contribution in [0.2, 0.25) is 0 Å². The normalized spacial score (nSPS) is 15.8. The molecule has 25 heavy (non-hydrogen) atoms. The van der Waals surface area contributed by atoms with Crippen LogP contribution in [-0.2, 0) is 6.18 Å². The number of anilines is 2. The molecule has 0 spiro atoms. The Morgan fingerprint density at radius 1 is 0.920 bits per heavy atom. The molecule has 1 saturated heterocycles. The highest BCUT2D eigenvalue weighted by molar-refractivity contribution is 5.42. The summed E-state index contributed by atoms with van der Waals surface area (Å²) in [6.07, 6.45) is -1.58. The Hall–Kier alpha value is -2.45. The van der Waals surface area contributed by atoms with Gasteiger partial charge in [0.15, 0.2) is 0 Å². The average Bonchev–Trinajstić information content (AvgIpc) is 2.61. The molecular weight excluding hydrogens is 333 g/mol. The predicted octanol–water partition coefficient (Wildman–Crippen LogP) is 2.74. The lowest BCUT2D eigenvalue weighted by atomic mass is 10.2. The van der Waals surface area contributed by atoms with Gasteiger partial charge in [0, 0.05) is 44.5 Å². The van der Waals surface area contributed by atoms with Crippen molar-refractivity contribution < 1.29 is 13.2 Å². The molecular formula is C16H19F3N6. The lowest BCUT2D eigenvalue weighted by molar-refractivity contribution is -0.141. The van der Waals surface area contributed by atoms with Crippen LogP contribution < -0.4 is 9.80 Å². The summed E-state index contributed by atoms with van der Waals surface area (Å²) in [5.41, 5.74) is -0.919. The Bertz CT molecular complexity index is 726. The maximum atomic E-state index is 12.8. The molecule has 9 heteroatoms. The highest BCUT2D eigenvalue weighted by Crippen LogP contribution is 2.28. The highest BCUT2D eigenvalue weighted by Gasteiger charge is 2.33. The monoisotopic (exact) mass is 352 g/mol. The van der Waals surface area contributed by atoms with Gasteiger partial charge in [0.05, 0.1) is 0 Å². The van der Waals surface area contributed by atoms with Gasteiger partial charge in [-0.05, 0) is 12.1 Å². The molecule has 0 aliphatic carbocycles. The van der Waals surface area contributed by atoms with E-state index in [-0.39, 0.29) is 11.9 Å². The third-order valence-corrected chi connectivity index (χ3v) is 4.00. The summed E-state index contributed by atoms with van der Waals surface area (Å²) in [6, 6.07) is 2.73. The van der Waals surface area contributed by atoms with Crippen LogP contribution in [0.4, 0.5) is 24.9 Å². The molecule has 0 unspecified atom stereocenters. The fourth-order valence-electron chi connectivity index (χ4n) is 2.61. The van der Waals surface area contributed by atoms with E-state index < -0.39 is 11.9 Å². The molecule has 2 aromatic heterocycles. The minimum absolute atomic E-state index is 0.111. The van der Waals surface area contributed by atoms with Crippen molar-refractivity contribution in [1.29, 1.82) is 0 Å². The van der Waals surface area contributed by atoms with Crippen molar-refractivity contribution in [2.75, 3.05) is 36.0 Å². The Morgan fingerprint density at radius 2 is 1.56 bits per heavy atom. The summed E-state index contributed by atoms with van der Waals surface area (Å²) in [6.45, 7) is 6.39. The molecule has 0 amide bonds. The predicted molar refractivity (Wildman–Crippen MR) is 87.6 cm³/mol. The smallest absolute Gasteiger partial charge is 0.353 e. The topological polar surface area (TPSA) is 58.0 Å². The van der Waals surface area contributed by atoms with Gasteiger partial charge in [0.1, 0.15) is 17.3 Å². The summed E-state index contributed by atoms with van der Waals surface area (Å²) in [5, 5.41) is 0. The first-order valence-corrected chi connectivity index (χ1v) is 8.07. The minimum Gasteiger partial charge on any atom is -0.353 e. The maximum Gasteiger partial charge on any atom is 0.433 e. The molecule has 0 bridgehead atoms. The van der Waals surface area contributed by atoms with E-state index in [1.165, 1.54) is 0 Å². The molecule has 0 radical (unpaired) electrons. The SMILES string of the molecule is CC(C)c1nccc(N2CCN(c3nccc(C(F)(F)F)n3)CC2)n1. The number of hydrogen-bond donors (Lipinski definition) is 0. The second-order valence-corrected chi connectivity index (χ2v) is 6.14. The number of nitrogens with zero attached hydrogens (tertiary/aromatic N) is 6. The molecule has 2 aromatic rings. The minimum atomic E-state index is -4.46. The van der Waals surface area contributed by atoms with Gasteiger partial charge < -0.3 is 9.80 Å². The fourth-order valence-corrected chi connectivity index (χ4v) is 2.61. The lowest BCUT2D eigenvalue weighted by Crippen LogP contribution is -2.47. The molecule has 1 aliphatic rings. The van der Waals surface area contributed by atoms with E-state index in [4.69, 9.17) is 0 Å². The Labute approximate surface area is 143 Å². The molecule has 0 aromatic carbocycles. The van der Waals surface area contributed by atoms with Crippen molar-refractivity contribution in [1.82, 2.24) is 19.9 Å². The molecule has 3 heterocycles. The van der Waals surface area contributed by atoms with Gasteiger partial charge in [0.2, 0.25) is 5.95 Å². The van der Waals surface area contributed by atoms with Crippen molar-refractivity contribution in [3.8, 4) is 0 Å². The van der Waals surface area contributed by atoms with Crippen LogP contribution in [-0.4, -0.2) is 46.1 Å². The number of aromatic nitrogens is 4. The first kappa shape index (κ1) is 17.4. The summed E-state index contributed by atoms with van der Waals surface area (Å²) in [5.74, 6) is 1.96. The number of piperazine rings is 1. The molecule has 0 saturated carbocycles. The molecule has 1 aliphatic heterocycles. The van der Waals surface area contributed by atoms with E-state index in [0.717, 1.165) is 23.9 Å². The number of alkyl halides is 3. The molecule has 134 valence electrons. The van der Waals surface area contributed by atoms with Crippen LogP contribution in [0.3, 0.4) is 0 Å². The summed E-state index contributed by atoms with van der Waals surface area (Å²) in [4.78, 5) is 20.3. The van der Waals surface area contributed by atoms with Crippen LogP contribution in [0.15, 0.2) is 24.5 Å². The van der Waals surface area contributed by atoms with Crippen LogP contribution in [0.5, 0.6) is 0 Å². The second-order valence-electron chi connectivity index (χ2n) is 6.14. The molecule has 0 atom stereocenters. The standard InChI is InChI=1S/C16H19F3N6/c1-11(2)14-20-6-4-13(23-14)24-7-9-25(10-8-24)15-21-5-3-12(22-15)16(17,18)19/h3-6,11H,7-10H2,1-2H3. The van der Waals surface area contributed by atoms with Gasteiger partial charge in [-0.2, -0.15) is 13.2 Å². The van der Waals surface area contributed by atoms with Crippen LogP contribution in [0.1, 0.15) is 31.3 Å². The zero-order valence-electron chi connectivity index (χ0n) is 14.0. The van der Waals surface area contributed by atoms with Crippen LogP contribution in [0.25, 0.3) is 0 Å². The Kier molecular flexibility index (Phi) is 4.73. The number of hydrogen-bond acceptors (Lipinski definition) is 6. The third kappa shape index (κ3) is 3.97. The van der Waals surface area contributed by atoms with E-state index in [9.17, 15) is 13.2 Å². The van der Waals surface area contributed by atoms with Gasteiger partial charge in [-0.25, -0.2) is 19.9 Å². The highest BCUT2D eigenvalue weighted by atomic mass is 19.4. The van der Waals surface area contributed by atoms with Gasteiger partial charge in [-0.15, -0.1) is 0 Å². The van der Waals surface area contributed by atoms with Gasteiger partial charge in [-0.1, -0.05) is 13.8 Å². The molecule has 3 rings (SSSR count). The summed E-state index contributed by atoms with van der Waals surface area (Å²) < 4.78 is 38.4. The number of rotatable bonds is 3. The fraction of sp³-hybridized carbons (Fsp3) is 0.500.